The summed E-state index contributed by atoms with van der Waals surface area (Å²) in [5.74, 6) is 1.46. The molecular formula is C19H27N3O5S. The van der Waals surface area contributed by atoms with Crippen molar-refractivity contribution in [3.05, 3.63) is 53.9 Å². The molecule has 8 nitrogen and oxygen atoms in total. The summed E-state index contributed by atoms with van der Waals surface area (Å²) in [5, 5.41) is 3.42. The van der Waals surface area contributed by atoms with E-state index in [1.807, 2.05) is 24.3 Å². The van der Waals surface area contributed by atoms with E-state index in [-0.39, 0.29) is 5.69 Å². The monoisotopic (exact) mass is 409 g/mol. The fourth-order valence-electron chi connectivity index (χ4n) is 2.02. The lowest BCUT2D eigenvalue weighted by Crippen LogP contribution is -2.16. The Kier molecular flexibility index (Phi) is 9.57. The van der Waals surface area contributed by atoms with Crippen molar-refractivity contribution in [3.8, 4) is 11.5 Å². The Balaban J connectivity index is 0.000000696. The number of nitrogens with two attached hydrogens (primary N) is 1. The molecular weight excluding hydrogens is 382 g/mol. The molecule has 0 saturated carbocycles. The van der Waals surface area contributed by atoms with Crippen LogP contribution < -0.4 is 15.8 Å². The van der Waals surface area contributed by atoms with Crippen LogP contribution in [0.1, 0.15) is 36.3 Å². The summed E-state index contributed by atoms with van der Waals surface area (Å²) in [6.07, 6.45) is 3.38. The molecule has 1 amide bonds. The van der Waals surface area contributed by atoms with E-state index >= 15 is 0 Å². The maximum Gasteiger partial charge on any atom is 0.267 e. The van der Waals surface area contributed by atoms with Gasteiger partial charge < -0.3 is 15.8 Å². The third-order valence-electron chi connectivity index (χ3n) is 3.38. The predicted octanol–water partition coefficient (Wildman–Crippen LogP) is 2.61. The summed E-state index contributed by atoms with van der Waals surface area (Å²) in [4.78, 5) is 14.9. The van der Waals surface area contributed by atoms with Gasteiger partial charge in [0.2, 0.25) is 0 Å². The van der Waals surface area contributed by atoms with Gasteiger partial charge in [0.15, 0.2) is 0 Å². The minimum atomic E-state index is -3.67. The molecule has 1 aromatic carbocycles. The van der Waals surface area contributed by atoms with Crippen LogP contribution in [0.5, 0.6) is 11.5 Å². The highest BCUT2D eigenvalue weighted by Crippen LogP contribution is 2.21. The minimum Gasteiger partial charge on any atom is -0.456 e. The van der Waals surface area contributed by atoms with Crippen LogP contribution >= 0.6 is 0 Å². The quantitative estimate of drug-likeness (QED) is 0.451. The predicted molar refractivity (Wildman–Crippen MR) is 108 cm³/mol. The second kappa shape index (κ2) is 11.4. The van der Waals surface area contributed by atoms with Crippen molar-refractivity contribution in [2.75, 3.05) is 12.8 Å². The lowest BCUT2D eigenvalue weighted by Gasteiger charge is -2.09. The van der Waals surface area contributed by atoms with Gasteiger partial charge in [0.1, 0.15) is 17.2 Å². The van der Waals surface area contributed by atoms with Gasteiger partial charge in [-0.25, -0.2) is 4.98 Å². The van der Waals surface area contributed by atoms with Gasteiger partial charge in [-0.2, -0.15) is 8.42 Å². The van der Waals surface area contributed by atoms with E-state index in [0.29, 0.717) is 17.9 Å². The average Bonchev–Trinajstić information content (AvgIpc) is 2.59. The minimum absolute atomic E-state index is 0.222. The number of carbonyl (C=O) groups is 1. The number of amides is 1. The Morgan fingerprint density at radius 1 is 1.18 bits per heavy atom. The second-order valence-corrected chi connectivity index (χ2v) is 8.05. The van der Waals surface area contributed by atoms with Gasteiger partial charge in [0, 0.05) is 6.54 Å². The molecule has 9 heteroatoms. The average molecular weight is 410 g/mol. The van der Waals surface area contributed by atoms with Gasteiger partial charge in [-0.1, -0.05) is 26.0 Å². The molecule has 0 saturated heterocycles. The number of nitrogens with one attached hydrogen (secondary N) is 1. The Bertz CT molecular complexity index is 827. The molecule has 2 aromatic rings. The number of benzene rings is 1. The molecule has 4 N–H and O–H groups in total. The van der Waals surface area contributed by atoms with E-state index in [1.165, 1.54) is 18.2 Å². The van der Waals surface area contributed by atoms with Crippen LogP contribution in [-0.4, -0.2) is 36.7 Å². The number of rotatable bonds is 8. The van der Waals surface area contributed by atoms with Gasteiger partial charge >= 0.3 is 0 Å². The highest BCUT2D eigenvalue weighted by Gasteiger charge is 2.03. The molecule has 0 aliphatic rings. The van der Waals surface area contributed by atoms with Crippen LogP contribution in [-0.2, 0) is 16.7 Å². The van der Waals surface area contributed by atoms with Gasteiger partial charge in [0.25, 0.3) is 16.0 Å². The molecule has 0 radical (unpaired) electrons. The highest BCUT2D eigenvalue weighted by molar-refractivity contribution is 7.85. The maximum atomic E-state index is 11.0. The number of hydrogen-bond donors (Lipinski definition) is 3. The number of carbonyl (C=O) groups excluding carboxylic acids is 1. The molecule has 154 valence electrons. The molecule has 2 rings (SSSR count). The third kappa shape index (κ3) is 11.3. The van der Waals surface area contributed by atoms with Gasteiger partial charge in [-0.05, 0) is 48.7 Å². The smallest absolute Gasteiger partial charge is 0.267 e. The second-order valence-electron chi connectivity index (χ2n) is 6.58. The van der Waals surface area contributed by atoms with Crippen LogP contribution in [0.15, 0.2) is 42.6 Å². The molecule has 28 heavy (non-hydrogen) atoms. The van der Waals surface area contributed by atoms with Crippen molar-refractivity contribution < 1.29 is 22.5 Å². The van der Waals surface area contributed by atoms with E-state index in [2.05, 4.69) is 24.1 Å². The fourth-order valence-corrected chi connectivity index (χ4v) is 2.02. The Morgan fingerprint density at radius 3 is 2.21 bits per heavy atom. The molecule has 0 unspecified atom stereocenters. The molecule has 1 aromatic heterocycles. The van der Waals surface area contributed by atoms with Gasteiger partial charge in [0.05, 0.1) is 12.5 Å². The van der Waals surface area contributed by atoms with Crippen LogP contribution in [0.4, 0.5) is 0 Å². The van der Waals surface area contributed by atoms with E-state index in [1.54, 1.807) is 12.1 Å². The number of aromatic nitrogens is 1. The van der Waals surface area contributed by atoms with Crippen LogP contribution in [0, 0.1) is 5.92 Å². The first kappa shape index (κ1) is 23.5. The zero-order valence-corrected chi connectivity index (χ0v) is 17.1. The Morgan fingerprint density at radius 2 is 1.75 bits per heavy atom. The molecule has 0 fully saturated rings. The van der Waals surface area contributed by atoms with Crippen LogP contribution in [0.25, 0.3) is 0 Å². The first-order valence-electron chi connectivity index (χ1n) is 8.70. The van der Waals surface area contributed by atoms with Crippen molar-refractivity contribution >= 4 is 16.0 Å². The van der Waals surface area contributed by atoms with Crippen LogP contribution in [0.3, 0.4) is 0 Å². The zero-order valence-electron chi connectivity index (χ0n) is 16.3. The summed E-state index contributed by atoms with van der Waals surface area (Å²) in [6.45, 7) is 6.31. The summed E-state index contributed by atoms with van der Waals surface area (Å²) < 4.78 is 31.6. The molecule has 0 atom stereocenters. The highest BCUT2D eigenvalue weighted by atomic mass is 32.2. The van der Waals surface area contributed by atoms with Crippen LogP contribution in [0.2, 0.25) is 0 Å². The van der Waals surface area contributed by atoms with E-state index in [0.717, 1.165) is 18.8 Å². The zero-order chi connectivity index (χ0) is 21.2. The Hall–Kier alpha value is -2.49. The normalized spacial score (nSPS) is 10.9. The summed E-state index contributed by atoms with van der Waals surface area (Å²) in [5.41, 5.74) is 6.59. The van der Waals surface area contributed by atoms with Crippen molar-refractivity contribution in [3.63, 3.8) is 0 Å². The van der Waals surface area contributed by atoms with E-state index in [9.17, 15) is 13.2 Å². The Labute approximate surface area is 165 Å². The number of pyridine rings is 1. The molecule has 0 spiro atoms. The number of ether oxygens (including phenoxy) is 1. The van der Waals surface area contributed by atoms with Crippen molar-refractivity contribution in [1.29, 1.82) is 0 Å². The van der Waals surface area contributed by atoms with Gasteiger partial charge in [-0.15, -0.1) is 0 Å². The lowest BCUT2D eigenvalue weighted by molar-refractivity contribution is 0.0995. The summed E-state index contributed by atoms with van der Waals surface area (Å²) in [6, 6.07) is 11.1. The number of nitrogens with zero attached hydrogens (tertiary/aromatic N) is 1. The third-order valence-corrected chi connectivity index (χ3v) is 3.38. The van der Waals surface area contributed by atoms with Gasteiger partial charge in [-0.3, -0.25) is 9.35 Å². The van der Waals surface area contributed by atoms with Crippen molar-refractivity contribution in [2.24, 2.45) is 11.7 Å². The topological polar surface area (TPSA) is 132 Å². The largest absolute Gasteiger partial charge is 0.456 e. The molecule has 1 heterocycles. The fraction of sp³-hybridized carbons (Fsp3) is 0.368. The lowest BCUT2D eigenvalue weighted by atomic mass is 10.1. The van der Waals surface area contributed by atoms with Crippen molar-refractivity contribution in [2.45, 2.75) is 26.8 Å². The summed E-state index contributed by atoms with van der Waals surface area (Å²) in [7, 11) is -3.67. The maximum absolute atomic E-state index is 11.0. The van der Waals surface area contributed by atoms with E-state index < -0.39 is 16.0 Å². The SMILES string of the molecule is CC(C)CCNCc1ccc(Oc2ccc(C(N)=O)nc2)cc1.CS(=O)(=O)O. The first-order chi connectivity index (χ1) is 13.0. The molecule has 0 aliphatic carbocycles. The number of primary amides is 1. The first-order valence-corrected chi connectivity index (χ1v) is 10.5. The molecule has 0 aliphatic heterocycles. The summed E-state index contributed by atoms with van der Waals surface area (Å²) >= 11 is 0. The van der Waals surface area contributed by atoms with Crippen molar-refractivity contribution in [1.82, 2.24) is 10.3 Å². The van der Waals surface area contributed by atoms with E-state index in [4.69, 9.17) is 15.0 Å². The molecule has 0 bridgehead atoms. The standard InChI is InChI=1S/C18H23N3O2.CH4O3S/c1-13(2)9-10-20-11-14-3-5-15(6-4-14)23-16-7-8-17(18(19)22)21-12-16;1-5(2,3)4/h3-8,12-13,20H,9-11H2,1-2H3,(H2,19,22);1H3,(H,2,3,4). The number of hydrogen-bond acceptors (Lipinski definition) is 6.